The molecule has 0 unspecified atom stereocenters. The second-order valence-corrected chi connectivity index (χ2v) is 3.29. The molecule has 13 heavy (non-hydrogen) atoms. The Morgan fingerprint density at radius 3 is 2.38 bits per heavy atom. The number of nitrogens with zero attached hydrogens (tertiary/aromatic N) is 2. The highest BCUT2D eigenvalue weighted by atomic mass is 16.2. The monoisotopic (exact) mass is 180 g/mol. The quantitative estimate of drug-likeness (QED) is 0.556. The molecule has 0 spiro atoms. The lowest BCUT2D eigenvalue weighted by molar-refractivity contribution is -0.153. The van der Waals surface area contributed by atoms with E-state index in [9.17, 15) is 9.59 Å². The van der Waals surface area contributed by atoms with Gasteiger partial charge in [0, 0.05) is 25.6 Å². The van der Waals surface area contributed by atoms with Gasteiger partial charge >= 0.3 is 0 Å². The van der Waals surface area contributed by atoms with E-state index in [-0.39, 0.29) is 11.8 Å². The van der Waals surface area contributed by atoms with Crippen molar-refractivity contribution in [3.8, 4) is 0 Å². The summed E-state index contributed by atoms with van der Waals surface area (Å²) in [5.74, 6) is -0.145. The van der Waals surface area contributed by atoms with Crippen LogP contribution in [0.3, 0.4) is 0 Å². The Bertz CT molecular complexity index is 257. The second kappa shape index (κ2) is 3.20. The highest BCUT2D eigenvalue weighted by Gasteiger charge is 2.32. The molecule has 4 heteroatoms. The van der Waals surface area contributed by atoms with Gasteiger partial charge in [0.15, 0.2) is 0 Å². The van der Waals surface area contributed by atoms with Crippen LogP contribution in [0, 0.1) is 0 Å². The first-order valence-electron chi connectivity index (χ1n) is 4.58. The predicted octanol–water partition coefficient (Wildman–Crippen LogP) is 0.660. The fourth-order valence-electron chi connectivity index (χ4n) is 1.66. The van der Waals surface area contributed by atoms with Gasteiger partial charge in [-0.25, -0.2) is 0 Å². The molecule has 4 nitrogen and oxygen atoms in total. The summed E-state index contributed by atoms with van der Waals surface area (Å²) >= 11 is 0. The van der Waals surface area contributed by atoms with Crippen molar-refractivity contribution in [2.45, 2.75) is 25.7 Å². The standard InChI is InChI=1S/C9H12N2O2/c12-8-4-5-9(13)11(8)10-6-2-1-3-7-10/h2,6H,1,3-5,7H2. The van der Waals surface area contributed by atoms with E-state index in [0.717, 1.165) is 19.4 Å². The van der Waals surface area contributed by atoms with Crippen LogP contribution in [0.5, 0.6) is 0 Å². The average molecular weight is 180 g/mol. The van der Waals surface area contributed by atoms with Crippen molar-refractivity contribution < 1.29 is 9.59 Å². The van der Waals surface area contributed by atoms with Crippen LogP contribution >= 0.6 is 0 Å². The van der Waals surface area contributed by atoms with Crippen LogP contribution in [0.25, 0.3) is 0 Å². The lowest BCUT2D eigenvalue weighted by Gasteiger charge is -2.30. The first kappa shape index (κ1) is 8.29. The minimum Gasteiger partial charge on any atom is -0.283 e. The molecule has 0 aromatic rings. The van der Waals surface area contributed by atoms with Gasteiger partial charge in [-0.15, -0.1) is 0 Å². The van der Waals surface area contributed by atoms with E-state index in [4.69, 9.17) is 0 Å². The number of carbonyl (C=O) groups is 2. The van der Waals surface area contributed by atoms with E-state index < -0.39 is 0 Å². The van der Waals surface area contributed by atoms with Crippen molar-refractivity contribution in [3.63, 3.8) is 0 Å². The minimum atomic E-state index is -0.0726. The van der Waals surface area contributed by atoms with E-state index in [1.54, 1.807) is 5.01 Å². The summed E-state index contributed by atoms with van der Waals surface area (Å²) in [5.41, 5.74) is 0. The van der Waals surface area contributed by atoms with Gasteiger partial charge < -0.3 is 0 Å². The third-order valence-corrected chi connectivity index (χ3v) is 2.32. The maximum Gasteiger partial charge on any atom is 0.248 e. The summed E-state index contributed by atoms with van der Waals surface area (Å²) in [7, 11) is 0. The third kappa shape index (κ3) is 1.43. The van der Waals surface area contributed by atoms with Crippen molar-refractivity contribution >= 4 is 11.8 Å². The number of hydrogen-bond acceptors (Lipinski definition) is 3. The Morgan fingerprint density at radius 2 is 1.85 bits per heavy atom. The lowest BCUT2D eigenvalue weighted by Crippen LogP contribution is -2.43. The molecule has 2 rings (SSSR count). The van der Waals surface area contributed by atoms with Crippen LogP contribution in [-0.4, -0.2) is 28.4 Å². The SMILES string of the molecule is O=C1CCC(=O)N1N1C=CCCC1. The van der Waals surface area contributed by atoms with Gasteiger partial charge in [-0.2, -0.15) is 5.01 Å². The number of amides is 2. The van der Waals surface area contributed by atoms with E-state index in [2.05, 4.69) is 0 Å². The van der Waals surface area contributed by atoms with Gasteiger partial charge in [-0.05, 0) is 12.8 Å². The van der Waals surface area contributed by atoms with E-state index in [0.29, 0.717) is 12.8 Å². The van der Waals surface area contributed by atoms with Crippen LogP contribution in [0.4, 0.5) is 0 Å². The maximum atomic E-state index is 11.3. The lowest BCUT2D eigenvalue weighted by atomic mass is 10.2. The number of carbonyl (C=O) groups excluding carboxylic acids is 2. The van der Waals surface area contributed by atoms with Crippen molar-refractivity contribution in [2.75, 3.05) is 6.54 Å². The summed E-state index contributed by atoms with van der Waals surface area (Å²) in [6.45, 7) is 0.772. The first-order valence-corrected chi connectivity index (χ1v) is 4.58. The number of hydrogen-bond donors (Lipinski definition) is 0. The van der Waals surface area contributed by atoms with Gasteiger partial charge in [0.25, 0.3) is 0 Å². The molecule has 2 aliphatic heterocycles. The molecule has 2 amide bonds. The largest absolute Gasteiger partial charge is 0.283 e. The van der Waals surface area contributed by atoms with Crippen LogP contribution in [0.2, 0.25) is 0 Å². The van der Waals surface area contributed by atoms with Gasteiger partial charge in [0.2, 0.25) is 11.8 Å². The van der Waals surface area contributed by atoms with E-state index >= 15 is 0 Å². The Kier molecular flexibility index (Phi) is 2.04. The molecule has 0 N–H and O–H groups in total. The number of allylic oxidation sites excluding steroid dienone is 1. The maximum absolute atomic E-state index is 11.3. The van der Waals surface area contributed by atoms with Crippen LogP contribution < -0.4 is 0 Å². The summed E-state index contributed by atoms with van der Waals surface area (Å²) in [4.78, 5) is 22.6. The molecule has 1 fully saturated rings. The van der Waals surface area contributed by atoms with Gasteiger partial charge in [-0.1, -0.05) is 6.08 Å². The molecule has 0 atom stereocenters. The zero-order chi connectivity index (χ0) is 9.26. The molecule has 0 bridgehead atoms. The average Bonchev–Trinajstić information content (AvgIpc) is 2.48. The molecule has 2 aliphatic rings. The third-order valence-electron chi connectivity index (χ3n) is 2.32. The Balaban J connectivity index is 2.14. The fraction of sp³-hybridized carbons (Fsp3) is 0.556. The summed E-state index contributed by atoms with van der Waals surface area (Å²) in [5, 5.41) is 3.00. The topological polar surface area (TPSA) is 40.6 Å². The Morgan fingerprint density at radius 1 is 1.15 bits per heavy atom. The van der Waals surface area contributed by atoms with Crippen LogP contribution in [0.1, 0.15) is 25.7 Å². The molecular weight excluding hydrogens is 168 g/mol. The molecule has 0 saturated carbocycles. The molecule has 2 heterocycles. The zero-order valence-electron chi connectivity index (χ0n) is 7.40. The van der Waals surface area contributed by atoms with Gasteiger partial charge in [0.1, 0.15) is 0 Å². The molecule has 0 aromatic heterocycles. The fourth-order valence-corrected chi connectivity index (χ4v) is 1.66. The number of imide groups is 1. The van der Waals surface area contributed by atoms with Crippen LogP contribution in [0.15, 0.2) is 12.3 Å². The van der Waals surface area contributed by atoms with Gasteiger partial charge in [-0.3, -0.25) is 14.6 Å². The van der Waals surface area contributed by atoms with Gasteiger partial charge in [0.05, 0.1) is 0 Å². The van der Waals surface area contributed by atoms with Crippen molar-refractivity contribution in [1.29, 1.82) is 0 Å². The van der Waals surface area contributed by atoms with E-state index in [1.165, 1.54) is 5.01 Å². The van der Waals surface area contributed by atoms with Crippen molar-refractivity contribution in [2.24, 2.45) is 0 Å². The molecule has 0 aliphatic carbocycles. The Labute approximate surface area is 76.8 Å². The summed E-state index contributed by atoms with van der Waals surface area (Å²) in [6.07, 6.45) is 6.58. The first-order chi connectivity index (χ1) is 6.29. The summed E-state index contributed by atoms with van der Waals surface area (Å²) < 4.78 is 0. The normalized spacial score (nSPS) is 23.1. The summed E-state index contributed by atoms with van der Waals surface area (Å²) in [6, 6.07) is 0. The van der Waals surface area contributed by atoms with Crippen LogP contribution in [-0.2, 0) is 9.59 Å². The number of rotatable bonds is 1. The number of hydrazine groups is 1. The van der Waals surface area contributed by atoms with Crippen molar-refractivity contribution in [3.05, 3.63) is 12.3 Å². The zero-order valence-corrected chi connectivity index (χ0v) is 7.40. The molecule has 0 radical (unpaired) electrons. The van der Waals surface area contributed by atoms with Crippen molar-refractivity contribution in [1.82, 2.24) is 10.0 Å². The van der Waals surface area contributed by atoms with E-state index in [1.807, 2.05) is 12.3 Å². The predicted molar refractivity (Wildman–Crippen MR) is 46.2 cm³/mol. The molecule has 0 aromatic carbocycles. The highest BCUT2D eigenvalue weighted by Crippen LogP contribution is 2.17. The second-order valence-electron chi connectivity index (χ2n) is 3.29. The Hall–Kier alpha value is -1.32. The smallest absolute Gasteiger partial charge is 0.248 e. The molecular formula is C9H12N2O2. The molecule has 1 saturated heterocycles. The highest BCUT2D eigenvalue weighted by molar-refractivity contribution is 6.01. The minimum absolute atomic E-state index is 0.0726. The molecule has 70 valence electrons.